The van der Waals surface area contributed by atoms with E-state index in [1.165, 1.54) is 25.7 Å². The molecular weight excluding hydrogens is 222 g/mol. The fraction of sp³-hybridized carbons (Fsp3) is 0.923. The SMILES string of the molecule is CC(Cl)CCCNC(=O)C1C2CCCCC21. The lowest BCUT2D eigenvalue weighted by Crippen LogP contribution is -2.27. The largest absolute Gasteiger partial charge is 0.356 e. The molecule has 3 heteroatoms. The maximum absolute atomic E-state index is 11.9. The summed E-state index contributed by atoms with van der Waals surface area (Å²) in [7, 11) is 0. The lowest BCUT2D eigenvalue weighted by Gasteiger charge is -2.05. The Balaban J connectivity index is 1.62. The first kappa shape index (κ1) is 12.2. The first-order valence-corrected chi connectivity index (χ1v) is 7.05. The van der Waals surface area contributed by atoms with E-state index in [-0.39, 0.29) is 5.38 Å². The fourth-order valence-corrected chi connectivity index (χ4v) is 3.25. The molecule has 0 aromatic carbocycles. The molecule has 2 saturated carbocycles. The van der Waals surface area contributed by atoms with Gasteiger partial charge < -0.3 is 5.32 Å². The molecule has 3 atom stereocenters. The Morgan fingerprint density at radius 1 is 1.38 bits per heavy atom. The summed E-state index contributed by atoms with van der Waals surface area (Å²) in [5, 5.41) is 3.28. The molecule has 1 amide bonds. The Hall–Kier alpha value is -0.240. The number of fused-ring (bicyclic) bond motifs is 1. The Bertz CT molecular complexity index is 242. The molecule has 0 bridgehead atoms. The normalized spacial score (nSPS) is 34.0. The van der Waals surface area contributed by atoms with E-state index >= 15 is 0 Å². The van der Waals surface area contributed by atoms with E-state index in [2.05, 4.69) is 5.32 Å². The molecule has 0 aromatic rings. The van der Waals surface area contributed by atoms with Crippen molar-refractivity contribution in [2.75, 3.05) is 6.54 Å². The van der Waals surface area contributed by atoms with E-state index in [0.29, 0.717) is 11.8 Å². The Morgan fingerprint density at radius 2 is 2.00 bits per heavy atom. The van der Waals surface area contributed by atoms with Crippen LogP contribution in [0.3, 0.4) is 0 Å². The van der Waals surface area contributed by atoms with Gasteiger partial charge in [-0.05, 0) is 44.4 Å². The van der Waals surface area contributed by atoms with Crippen LogP contribution < -0.4 is 5.32 Å². The predicted octanol–water partition coefficient (Wildman–Crippen LogP) is 2.95. The first-order valence-electron chi connectivity index (χ1n) is 6.62. The monoisotopic (exact) mass is 243 g/mol. The van der Waals surface area contributed by atoms with Crippen molar-refractivity contribution in [1.29, 1.82) is 0 Å². The third-order valence-electron chi connectivity index (χ3n) is 4.04. The summed E-state index contributed by atoms with van der Waals surface area (Å²) in [6, 6.07) is 0. The van der Waals surface area contributed by atoms with E-state index in [1.807, 2.05) is 6.92 Å². The maximum atomic E-state index is 11.9. The van der Waals surface area contributed by atoms with Crippen LogP contribution in [0.25, 0.3) is 0 Å². The summed E-state index contributed by atoms with van der Waals surface area (Å²) in [6.07, 6.45) is 7.20. The van der Waals surface area contributed by atoms with Crippen molar-refractivity contribution < 1.29 is 4.79 Å². The summed E-state index contributed by atoms with van der Waals surface area (Å²) in [5.41, 5.74) is 0. The van der Waals surface area contributed by atoms with Crippen LogP contribution in [-0.4, -0.2) is 17.8 Å². The van der Waals surface area contributed by atoms with E-state index in [0.717, 1.165) is 31.2 Å². The van der Waals surface area contributed by atoms with Crippen LogP contribution in [0.4, 0.5) is 0 Å². The van der Waals surface area contributed by atoms with Crippen LogP contribution >= 0.6 is 11.6 Å². The molecule has 2 rings (SSSR count). The van der Waals surface area contributed by atoms with Gasteiger partial charge in [0.25, 0.3) is 0 Å². The molecule has 1 N–H and O–H groups in total. The summed E-state index contributed by atoms with van der Waals surface area (Å²) >= 11 is 5.85. The van der Waals surface area contributed by atoms with Gasteiger partial charge in [-0.1, -0.05) is 12.8 Å². The van der Waals surface area contributed by atoms with Gasteiger partial charge in [0.1, 0.15) is 0 Å². The van der Waals surface area contributed by atoms with Crippen molar-refractivity contribution in [1.82, 2.24) is 5.32 Å². The second-order valence-electron chi connectivity index (χ2n) is 5.35. The number of nitrogens with one attached hydrogen (secondary N) is 1. The number of carbonyl (C=O) groups excluding carboxylic acids is 1. The third kappa shape index (κ3) is 2.91. The summed E-state index contributed by atoms with van der Waals surface area (Å²) < 4.78 is 0. The van der Waals surface area contributed by atoms with Crippen molar-refractivity contribution in [2.45, 2.75) is 50.8 Å². The second kappa shape index (κ2) is 5.39. The van der Waals surface area contributed by atoms with Gasteiger partial charge in [-0.15, -0.1) is 11.6 Å². The second-order valence-corrected chi connectivity index (χ2v) is 6.10. The number of amides is 1. The van der Waals surface area contributed by atoms with Crippen LogP contribution in [-0.2, 0) is 4.79 Å². The topological polar surface area (TPSA) is 29.1 Å². The molecule has 0 spiro atoms. The predicted molar refractivity (Wildman–Crippen MR) is 66.5 cm³/mol. The molecule has 0 aromatic heterocycles. The van der Waals surface area contributed by atoms with Crippen molar-refractivity contribution in [2.24, 2.45) is 17.8 Å². The zero-order valence-corrected chi connectivity index (χ0v) is 10.8. The molecule has 0 heterocycles. The molecule has 0 aliphatic heterocycles. The van der Waals surface area contributed by atoms with E-state index < -0.39 is 0 Å². The van der Waals surface area contributed by atoms with Gasteiger partial charge in [-0.3, -0.25) is 4.79 Å². The summed E-state index contributed by atoms with van der Waals surface area (Å²) in [6.45, 7) is 2.80. The van der Waals surface area contributed by atoms with Crippen LogP contribution in [0, 0.1) is 17.8 Å². The number of hydrogen-bond donors (Lipinski definition) is 1. The van der Waals surface area contributed by atoms with Gasteiger partial charge in [0.05, 0.1) is 0 Å². The van der Waals surface area contributed by atoms with Gasteiger partial charge in [0.2, 0.25) is 5.91 Å². The number of hydrogen-bond acceptors (Lipinski definition) is 1. The highest BCUT2D eigenvalue weighted by Gasteiger charge is 2.54. The zero-order valence-electron chi connectivity index (χ0n) is 10.0. The minimum absolute atomic E-state index is 0.223. The van der Waals surface area contributed by atoms with Crippen molar-refractivity contribution in [3.63, 3.8) is 0 Å². The maximum Gasteiger partial charge on any atom is 0.223 e. The number of alkyl halides is 1. The Kier molecular flexibility index (Phi) is 4.12. The van der Waals surface area contributed by atoms with Gasteiger partial charge in [-0.25, -0.2) is 0 Å². The molecule has 92 valence electrons. The smallest absolute Gasteiger partial charge is 0.223 e. The summed E-state index contributed by atoms with van der Waals surface area (Å²) in [5.74, 6) is 2.11. The average molecular weight is 244 g/mol. The van der Waals surface area contributed by atoms with Crippen molar-refractivity contribution in [3.8, 4) is 0 Å². The average Bonchev–Trinajstić information content (AvgIpc) is 2.98. The van der Waals surface area contributed by atoms with Crippen LogP contribution in [0.2, 0.25) is 0 Å². The number of carbonyl (C=O) groups is 1. The van der Waals surface area contributed by atoms with E-state index in [9.17, 15) is 4.79 Å². The molecule has 2 fully saturated rings. The fourth-order valence-electron chi connectivity index (χ4n) is 3.09. The molecule has 2 nitrogen and oxygen atoms in total. The minimum atomic E-state index is 0.223. The molecular formula is C13H22ClNO. The van der Waals surface area contributed by atoms with E-state index in [1.54, 1.807) is 0 Å². The Morgan fingerprint density at radius 3 is 2.56 bits per heavy atom. The lowest BCUT2D eigenvalue weighted by atomic mass is 10.0. The first-order chi connectivity index (χ1) is 7.70. The lowest BCUT2D eigenvalue weighted by molar-refractivity contribution is -0.122. The number of rotatable bonds is 5. The molecule has 2 aliphatic rings. The summed E-state index contributed by atoms with van der Waals surface area (Å²) in [4.78, 5) is 11.9. The van der Waals surface area contributed by atoms with Crippen molar-refractivity contribution in [3.05, 3.63) is 0 Å². The van der Waals surface area contributed by atoms with E-state index in [4.69, 9.17) is 11.6 Å². The standard InChI is InChI=1S/C13H22ClNO/c1-9(14)5-4-8-15-13(16)12-10-6-2-3-7-11(10)12/h9-12H,2-8H2,1H3,(H,15,16). The molecule has 0 radical (unpaired) electrons. The molecule has 16 heavy (non-hydrogen) atoms. The van der Waals surface area contributed by atoms with Gasteiger partial charge in [-0.2, -0.15) is 0 Å². The quantitative estimate of drug-likeness (QED) is 0.584. The van der Waals surface area contributed by atoms with Gasteiger partial charge in [0, 0.05) is 17.8 Å². The van der Waals surface area contributed by atoms with Crippen molar-refractivity contribution >= 4 is 17.5 Å². The van der Waals surface area contributed by atoms with Crippen LogP contribution in [0.5, 0.6) is 0 Å². The molecule has 3 unspecified atom stereocenters. The van der Waals surface area contributed by atoms with Gasteiger partial charge in [0.15, 0.2) is 0 Å². The minimum Gasteiger partial charge on any atom is -0.356 e. The molecule has 0 saturated heterocycles. The number of halogens is 1. The third-order valence-corrected chi connectivity index (χ3v) is 4.26. The van der Waals surface area contributed by atoms with Gasteiger partial charge >= 0.3 is 0 Å². The molecule has 2 aliphatic carbocycles. The zero-order chi connectivity index (χ0) is 11.5. The van der Waals surface area contributed by atoms with Crippen LogP contribution in [0.1, 0.15) is 45.4 Å². The Labute approximate surface area is 103 Å². The highest BCUT2D eigenvalue weighted by atomic mass is 35.5. The van der Waals surface area contributed by atoms with Crippen LogP contribution in [0.15, 0.2) is 0 Å². The highest BCUT2D eigenvalue weighted by Crippen LogP contribution is 2.55. The highest BCUT2D eigenvalue weighted by molar-refractivity contribution is 6.20.